The molecule has 0 aromatic heterocycles. The molecule has 0 aliphatic rings. The van der Waals surface area contributed by atoms with Crippen molar-refractivity contribution in [3.05, 3.63) is 72.9 Å². The maximum atomic E-state index is 12.6. The number of ether oxygens (including phenoxy) is 1. The van der Waals surface area contributed by atoms with Crippen LogP contribution in [0.25, 0.3) is 0 Å². The lowest BCUT2D eigenvalue weighted by atomic mass is 10.1. The van der Waals surface area contributed by atoms with Crippen LogP contribution in [-0.2, 0) is 14.3 Å². The van der Waals surface area contributed by atoms with Crippen LogP contribution in [0.2, 0.25) is 0 Å². The minimum atomic E-state index is -0.721. The summed E-state index contributed by atoms with van der Waals surface area (Å²) < 4.78 is 5.86. The van der Waals surface area contributed by atoms with Gasteiger partial charge in [0, 0.05) is 12.8 Å². The quantitative estimate of drug-likeness (QED) is 0.0482. The highest BCUT2D eigenvalue weighted by atomic mass is 16.5. The maximum absolute atomic E-state index is 12.6. The van der Waals surface area contributed by atoms with Crippen molar-refractivity contribution < 1.29 is 19.4 Å². The molecular formula is C40H66O4. The molecule has 0 radical (unpaired) electrons. The van der Waals surface area contributed by atoms with E-state index in [1.54, 1.807) is 0 Å². The summed E-state index contributed by atoms with van der Waals surface area (Å²) in [5, 5.41) is 8.79. The van der Waals surface area contributed by atoms with Gasteiger partial charge >= 0.3 is 11.9 Å². The molecule has 0 aliphatic carbocycles. The van der Waals surface area contributed by atoms with Crippen LogP contribution in [0, 0.1) is 0 Å². The average molecular weight is 611 g/mol. The zero-order valence-electron chi connectivity index (χ0n) is 28.4. The van der Waals surface area contributed by atoms with Gasteiger partial charge in [-0.2, -0.15) is 0 Å². The van der Waals surface area contributed by atoms with Crippen LogP contribution < -0.4 is 0 Å². The van der Waals surface area contributed by atoms with Crippen LogP contribution in [0.4, 0.5) is 0 Å². The first kappa shape index (κ1) is 41.4. The van der Waals surface area contributed by atoms with Crippen molar-refractivity contribution >= 4 is 11.9 Å². The SMILES string of the molecule is CC/C=C\C/C=C\C/C=C\CCCCCCCC(=O)OC(/C=C\C/C=C\C/C=C\CCCCC)CCCCCCCC(=O)O. The smallest absolute Gasteiger partial charge is 0.306 e. The van der Waals surface area contributed by atoms with E-state index in [0.717, 1.165) is 96.3 Å². The fourth-order valence-corrected chi connectivity index (χ4v) is 4.77. The topological polar surface area (TPSA) is 63.6 Å². The van der Waals surface area contributed by atoms with E-state index in [1.165, 1.54) is 38.5 Å². The summed E-state index contributed by atoms with van der Waals surface area (Å²) in [5.41, 5.74) is 0. The number of unbranched alkanes of at least 4 members (excludes halogenated alkanes) is 12. The fraction of sp³-hybridized carbons (Fsp3) is 0.650. The van der Waals surface area contributed by atoms with Gasteiger partial charge in [0.15, 0.2) is 0 Å². The molecule has 1 unspecified atom stereocenters. The van der Waals surface area contributed by atoms with E-state index >= 15 is 0 Å². The Morgan fingerprint density at radius 1 is 0.545 bits per heavy atom. The third-order valence-corrected chi connectivity index (χ3v) is 7.40. The molecular weight excluding hydrogens is 544 g/mol. The highest BCUT2D eigenvalue weighted by molar-refractivity contribution is 5.69. The van der Waals surface area contributed by atoms with Crippen molar-refractivity contribution in [3.63, 3.8) is 0 Å². The average Bonchev–Trinajstić information content (AvgIpc) is 3.00. The lowest BCUT2D eigenvalue weighted by Gasteiger charge is -2.14. The molecule has 0 aromatic carbocycles. The minimum absolute atomic E-state index is 0.0916. The lowest BCUT2D eigenvalue weighted by Crippen LogP contribution is -2.16. The molecule has 44 heavy (non-hydrogen) atoms. The van der Waals surface area contributed by atoms with Crippen molar-refractivity contribution in [2.24, 2.45) is 0 Å². The Morgan fingerprint density at radius 2 is 1.02 bits per heavy atom. The van der Waals surface area contributed by atoms with Crippen LogP contribution in [0.1, 0.15) is 162 Å². The van der Waals surface area contributed by atoms with Gasteiger partial charge in [0.25, 0.3) is 0 Å². The first-order valence-electron chi connectivity index (χ1n) is 17.9. The van der Waals surface area contributed by atoms with E-state index in [0.29, 0.717) is 6.42 Å². The number of rotatable bonds is 31. The monoisotopic (exact) mass is 610 g/mol. The lowest BCUT2D eigenvalue weighted by molar-refractivity contribution is -0.147. The molecule has 0 bridgehead atoms. The van der Waals surface area contributed by atoms with Crippen molar-refractivity contribution in [1.29, 1.82) is 0 Å². The zero-order valence-corrected chi connectivity index (χ0v) is 28.4. The van der Waals surface area contributed by atoms with Crippen LogP contribution in [0.5, 0.6) is 0 Å². The number of carbonyl (C=O) groups excluding carboxylic acids is 1. The molecule has 0 spiro atoms. The largest absolute Gasteiger partial charge is 0.481 e. The number of carboxylic acids is 1. The zero-order chi connectivity index (χ0) is 32.2. The van der Waals surface area contributed by atoms with Crippen molar-refractivity contribution in [3.8, 4) is 0 Å². The molecule has 250 valence electrons. The highest BCUT2D eigenvalue weighted by Crippen LogP contribution is 2.14. The number of hydrogen-bond donors (Lipinski definition) is 1. The molecule has 0 heterocycles. The molecule has 0 saturated heterocycles. The number of hydrogen-bond acceptors (Lipinski definition) is 3. The fourth-order valence-electron chi connectivity index (χ4n) is 4.77. The Labute approximate surface area is 271 Å². The Balaban J connectivity index is 4.25. The van der Waals surface area contributed by atoms with Gasteiger partial charge in [0.1, 0.15) is 6.10 Å². The standard InChI is InChI=1S/C40H66O4/c1-3-5-7-9-11-13-15-16-17-18-20-22-24-29-33-37-40(43)44-38(35-31-27-25-28-32-36-39(41)42)34-30-26-23-21-19-14-12-10-8-6-4-2/h5,7,11-14,16-17,21,23,30,34,38H,3-4,6,8-10,15,18-20,22,24-29,31-33,35-37H2,1-2H3,(H,41,42)/b7-5-,13-11-,14-12-,17-16-,23-21-,34-30-. The Morgan fingerprint density at radius 3 is 1.61 bits per heavy atom. The molecule has 0 amide bonds. The predicted molar refractivity (Wildman–Crippen MR) is 190 cm³/mol. The molecule has 1 atom stereocenters. The van der Waals surface area contributed by atoms with Crippen LogP contribution in [-0.4, -0.2) is 23.1 Å². The van der Waals surface area contributed by atoms with E-state index in [1.807, 2.05) is 0 Å². The Bertz CT molecular complexity index is 830. The second-order valence-electron chi connectivity index (χ2n) is 11.7. The summed E-state index contributed by atoms with van der Waals surface area (Å²) in [6.45, 7) is 4.39. The summed E-state index contributed by atoms with van der Waals surface area (Å²) in [6.07, 6.45) is 49.2. The molecule has 4 nitrogen and oxygen atoms in total. The van der Waals surface area contributed by atoms with Crippen LogP contribution >= 0.6 is 0 Å². The summed E-state index contributed by atoms with van der Waals surface area (Å²) in [5.74, 6) is -0.812. The third-order valence-electron chi connectivity index (χ3n) is 7.40. The van der Waals surface area contributed by atoms with Crippen molar-refractivity contribution in [1.82, 2.24) is 0 Å². The van der Waals surface area contributed by atoms with Gasteiger partial charge in [-0.3, -0.25) is 9.59 Å². The Kier molecular flexibility index (Phi) is 32.8. The Hall–Kier alpha value is -2.62. The number of allylic oxidation sites excluding steroid dienone is 11. The van der Waals surface area contributed by atoms with E-state index in [4.69, 9.17) is 9.84 Å². The summed E-state index contributed by atoms with van der Waals surface area (Å²) >= 11 is 0. The molecule has 0 fully saturated rings. The van der Waals surface area contributed by atoms with Gasteiger partial charge in [-0.1, -0.05) is 132 Å². The van der Waals surface area contributed by atoms with Crippen LogP contribution in [0.3, 0.4) is 0 Å². The van der Waals surface area contributed by atoms with Gasteiger partial charge in [0.2, 0.25) is 0 Å². The van der Waals surface area contributed by atoms with Gasteiger partial charge < -0.3 is 9.84 Å². The van der Waals surface area contributed by atoms with E-state index in [-0.39, 0.29) is 18.5 Å². The highest BCUT2D eigenvalue weighted by Gasteiger charge is 2.11. The second-order valence-corrected chi connectivity index (χ2v) is 11.7. The third kappa shape index (κ3) is 33.9. The summed E-state index contributed by atoms with van der Waals surface area (Å²) in [4.78, 5) is 23.3. The predicted octanol–water partition coefficient (Wildman–Crippen LogP) is 12.3. The van der Waals surface area contributed by atoms with E-state index in [2.05, 4.69) is 86.8 Å². The van der Waals surface area contributed by atoms with Crippen molar-refractivity contribution in [2.45, 2.75) is 168 Å². The molecule has 1 N–H and O–H groups in total. The van der Waals surface area contributed by atoms with Gasteiger partial charge in [0.05, 0.1) is 0 Å². The van der Waals surface area contributed by atoms with Gasteiger partial charge in [-0.05, 0) is 89.5 Å². The van der Waals surface area contributed by atoms with E-state index in [9.17, 15) is 9.59 Å². The number of carboxylic acid groups (broad SMARTS) is 1. The first-order valence-corrected chi connectivity index (χ1v) is 17.9. The van der Waals surface area contributed by atoms with Crippen molar-refractivity contribution in [2.75, 3.05) is 0 Å². The molecule has 0 aromatic rings. The van der Waals surface area contributed by atoms with Gasteiger partial charge in [-0.15, -0.1) is 0 Å². The first-order chi connectivity index (χ1) is 21.6. The number of carbonyl (C=O) groups is 2. The second kappa shape index (κ2) is 34.9. The summed E-state index contributed by atoms with van der Waals surface area (Å²) in [6, 6.07) is 0. The molecule has 0 saturated carbocycles. The normalized spacial score (nSPS) is 13.1. The van der Waals surface area contributed by atoms with Crippen LogP contribution in [0.15, 0.2) is 72.9 Å². The maximum Gasteiger partial charge on any atom is 0.306 e. The molecule has 0 rings (SSSR count). The number of esters is 1. The summed E-state index contributed by atoms with van der Waals surface area (Å²) in [7, 11) is 0. The molecule has 0 aliphatic heterocycles. The van der Waals surface area contributed by atoms with E-state index < -0.39 is 5.97 Å². The van der Waals surface area contributed by atoms with Gasteiger partial charge in [-0.25, -0.2) is 0 Å². The number of aliphatic carboxylic acids is 1. The minimum Gasteiger partial charge on any atom is -0.481 e. The molecule has 4 heteroatoms.